The van der Waals surface area contributed by atoms with Crippen molar-refractivity contribution in [2.45, 2.75) is 20.0 Å². The predicted octanol–water partition coefficient (Wildman–Crippen LogP) is 2.42. The van der Waals surface area contributed by atoms with Gasteiger partial charge in [0.1, 0.15) is 17.3 Å². The third kappa shape index (κ3) is 3.07. The fraction of sp³-hybridized carbons (Fsp3) is 0.308. The quantitative estimate of drug-likeness (QED) is 0.885. The Morgan fingerprint density at radius 3 is 2.83 bits per heavy atom. The van der Waals surface area contributed by atoms with Gasteiger partial charge in [-0.2, -0.15) is 0 Å². The van der Waals surface area contributed by atoms with E-state index in [1.807, 2.05) is 6.92 Å². The minimum Gasteiger partial charge on any atom is -0.497 e. The van der Waals surface area contributed by atoms with Gasteiger partial charge in [0.25, 0.3) is 0 Å². The second kappa shape index (κ2) is 5.64. The molecule has 18 heavy (non-hydrogen) atoms. The molecule has 0 amide bonds. The van der Waals surface area contributed by atoms with Crippen LogP contribution in [0.15, 0.2) is 28.8 Å². The van der Waals surface area contributed by atoms with Gasteiger partial charge in [0.15, 0.2) is 0 Å². The summed E-state index contributed by atoms with van der Waals surface area (Å²) in [5, 5.41) is 3.07. The van der Waals surface area contributed by atoms with Crippen LogP contribution in [0, 0.1) is 12.7 Å². The van der Waals surface area contributed by atoms with Crippen LogP contribution in [0.1, 0.15) is 17.2 Å². The van der Waals surface area contributed by atoms with Gasteiger partial charge in [-0.05, 0) is 13.0 Å². The zero-order valence-corrected chi connectivity index (χ0v) is 10.4. The summed E-state index contributed by atoms with van der Waals surface area (Å²) in [6, 6.07) is 4.80. The van der Waals surface area contributed by atoms with Gasteiger partial charge in [0, 0.05) is 18.2 Å². The zero-order chi connectivity index (χ0) is 13.0. The normalized spacial score (nSPS) is 10.6. The first-order valence-electron chi connectivity index (χ1n) is 5.63. The SMILES string of the molecule is COc1ccc(CNCc2ncc(C)o2)c(F)c1. The Hall–Kier alpha value is -1.88. The van der Waals surface area contributed by atoms with E-state index >= 15 is 0 Å². The Labute approximate surface area is 105 Å². The highest BCUT2D eigenvalue weighted by molar-refractivity contribution is 5.28. The van der Waals surface area contributed by atoms with Gasteiger partial charge in [-0.3, -0.25) is 0 Å². The van der Waals surface area contributed by atoms with Crippen molar-refractivity contribution < 1.29 is 13.5 Å². The number of oxazole rings is 1. The lowest BCUT2D eigenvalue weighted by atomic mass is 10.2. The van der Waals surface area contributed by atoms with Crippen molar-refractivity contribution in [2.75, 3.05) is 7.11 Å². The summed E-state index contributed by atoms with van der Waals surface area (Å²) in [4.78, 5) is 4.05. The van der Waals surface area contributed by atoms with E-state index in [0.717, 1.165) is 5.76 Å². The van der Waals surface area contributed by atoms with Crippen LogP contribution >= 0.6 is 0 Å². The van der Waals surface area contributed by atoms with Crippen LogP contribution in [0.5, 0.6) is 5.75 Å². The monoisotopic (exact) mass is 250 g/mol. The molecule has 2 aromatic rings. The van der Waals surface area contributed by atoms with E-state index in [1.54, 1.807) is 18.3 Å². The number of aryl methyl sites for hydroxylation is 1. The van der Waals surface area contributed by atoms with Gasteiger partial charge in [0.05, 0.1) is 19.9 Å². The van der Waals surface area contributed by atoms with Crippen molar-refractivity contribution in [3.05, 3.63) is 47.4 Å². The van der Waals surface area contributed by atoms with E-state index in [1.165, 1.54) is 13.2 Å². The average molecular weight is 250 g/mol. The Morgan fingerprint density at radius 2 is 2.22 bits per heavy atom. The molecule has 0 spiro atoms. The van der Waals surface area contributed by atoms with Crippen molar-refractivity contribution >= 4 is 0 Å². The molecule has 4 nitrogen and oxygen atoms in total. The maximum Gasteiger partial charge on any atom is 0.208 e. The number of rotatable bonds is 5. The second-order valence-electron chi connectivity index (χ2n) is 3.93. The third-order valence-corrected chi connectivity index (χ3v) is 2.52. The van der Waals surface area contributed by atoms with Crippen molar-refractivity contribution in [1.82, 2.24) is 10.3 Å². The summed E-state index contributed by atoms with van der Waals surface area (Å²) < 4.78 is 23.8. The summed E-state index contributed by atoms with van der Waals surface area (Å²) in [6.45, 7) is 2.72. The highest BCUT2D eigenvalue weighted by Crippen LogP contribution is 2.16. The standard InChI is InChI=1S/C13H15FN2O2/c1-9-6-16-13(18-9)8-15-7-10-3-4-11(17-2)5-12(10)14/h3-6,15H,7-8H2,1-2H3. The fourth-order valence-corrected chi connectivity index (χ4v) is 1.59. The number of nitrogens with zero attached hydrogens (tertiary/aromatic N) is 1. The summed E-state index contributed by atoms with van der Waals surface area (Å²) in [7, 11) is 1.51. The molecule has 0 radical (unpaired) electrons. The summed E-state index contributed by atoms with van der Waals surface area (Å²) in [6.07, 6.45) is 1.66. The highest BCUT2D eigenvalue weighted by Gasteiger charge is 2.05. The van der Waals surface area contributed by atoms with Crippen molar-refractivity contribution in [2.24, 2.45) is 0 Å². The Kier molecular flexibility index (Phi) is 3.94. The van der Waals surface area contributed by atoms with Gasteiger partial charge >= 0.3 is 0 Å². The number of nitrogens with one attached hydrogen (secondary N) is 1. The molecule has 1 heterocycles. The lowest BCUT2D eigenvalue weighted by Crippen LogP contribution is -2.13. The van der Waals surface area contributed by atoms with E-state index in [9.17, 15) is 4.39 Å². The molecule has 96 valence electrons. The molecule has 1 N–H and O–H groups in total. The number of ether oxygens (including phenoxy) is 1. The molecular weight excluding hydrogens is 235 g/mol. The minimum atomic E-state index is -0.287. The smallest absolute Gasteiger partial charge is 0.208 e. The third-order valence-electron chi connectivity index (χ3n) is 2.52. The molecule has 0 fully saturated rings. The molecule has 0 unspecified atom stereocenters. The molecule has 2 rings (SSSR count). The molecule has 0 atom stereocenters. The van der Waals surface area contributed by atoms with Gasteiger partial charge in [0.2, 0.25) is 5.89 Å². The Morgan fingerprint density at radius 1 is 1.39 bits per heavy atom. The molecule has 5 heteroatoms. The topological polar surface area (TPSA) is 47.3 Å². The average Bonchev–Trinajstić information content (AvgIpc) is 2.77. The Bertz CT molecular complexity index is 525. The predicted molar refractivity (Wildman–Crippen MR) is 64.7 cm³/mol. The second-order valence-corrected chi connectivity index (χ2v) is 3.93. The summed E-state index contributed by atoms with van der Waals surface area (Å²) in [5.74, 6) is 1.59. The Balaban J connectivity index is 1.90. The maximum absolute atomic E-state index is 13.6. The molecule has 0 saturated heterocycles. The molecule has 1 aromatic heterocycles. The van der Waals surface area contributed by atoms with Gasteiger partial charge < -0.3 is 14.5 Å². The van der Waals surface area contributed by atoms with Gasteiger partial charge in [-0.25, -0.2) is 9.37 Å². The van der Waals surface area contributed by atoms with Crippen LogP contribution in [0.4, 0.5) is 4.39 Å². The molecular formula is C13H15FN2O2. The minimum absolute atomic E-state index is 0.287. The van der Waals surface area contributed by atoms with E-state index in [0.29, 0.717) is 30.3 Å². The number of benzene rings is 1. The van der Waals surface area contributed by atoms with Crippen LogP contribution in [0.3, 0.4) is 0 Å². The lowest BCUT2D eigenvalue weighted by molar-refractivity contribution is 0.410. The first-order chi connectivity index (χ1) is 8.69. The molecule has 0 saturated carbocycles. The van der Waals surface area contributed by atoms with E-state index in [-0.39, 0.29) is 5.82 Å². The number of hydrogen-bond acceptors (Lipinski definition) is 4. The lowest BCUT2D eigenvalue weighted by Gasteiger charge is -2.06. The first-order valence-corrected chi connectivity index (χ1v) is 5.63. The number of aromatic nitrogens is 1. The van der Waals surface area contributed by atoms with E-state index < -0.39 is 0 Å². The van der Waals surface area contributed by atoms with Crippen LogP contribution in [-0.4, -0.2) is 12.1 Å². The van der Waals surface area contributed by atoms with Crippen molar-refractivity contribution in [3.63, 3.8) is 0 Å². The van der Waals surface area contributed by atoms with E-state index in [4.69, 9.17) is 9.15 Å². The molecule has 0 aliphatic heterocycles. The summed E-state index contributed by atoms with van der Waals surface area (Å²) >= 11 is 0. The van der Waals surface area contributed by atoms with Crippen molar-refractivity contribution in [3.8, 4) is 5.75 Å². The van der Waals surface area contributed by atoms with Crippen molar-refractivity contribution in [1.29, 1.82) is 0 Å². The van der Waals surface area contributed by atoms with Crippen LogP contribution in [0.2, 0.25) is 0 Å². The number of hydrogen-bond donors (Lipinski definition) is 1. The molecule has 1 aromatic carbocycles. The van der Waals surface area contributed by atoms with E-state index in [2.05, 4.69) is 10.3 Å². The van der Waals surface area contributed by atoms with Gasteiger partial charge in [-0.1, -0.05) is 6.07 Å². The largest absolute Gasteiger partial charge is 0.497 e. The zero-order valence-electron chi connectivity index (χ0n) is 10.4. The molecule has 0 aliphatic rings. The highest BCUT2D eigenvalue weighted by atomic mass is 19.1. The van der Waals surface area contributed by atoms with Crippen LogP contribution < -0.4 is 10.1 Å². The van der Waals surface area contributed by atoms with Crippen LogP contribution in [0.25, 0.3) is 0 Å². The van der Waals surface area contributed by atoms with Crippen LogP contribution in [-0.2, 0) is 13.1 Å². The molecule has 0 bridgehead atoms. The summed E-state index contributed by atoms with van der Waals surface area (Å²) in [5.41, 5.74) is 0.582. The fourth-order valence-electron chi connectivity index (χ4n) is 1.59. The maximum atomic E-state index is 13.6. The molecule has 0 aliphatic carbocycles. The number of halogens is 1. The first kappa shape index (κ1) is 12.6. The number of methoxy groups -OCH3 is 1. The van der Waals surface area contributed by atoms with Gasteiger partial charge in [-0.15, -0.1) is 0 Å².